The van der Waals surface area contributed by atoms with E-state index in [0.717, 1.165) is 10.9 Å². The number of Topliss-reactive ketones (excluding diaryl/α,β-unsaturated/α-hetero) is 1. The molecule has 0 radical (unpaired) electrons. The number of nitrogens with zero attached hydrogens (tertiary/aromatic N) is 2. The summed E-state index contributed by atoms with van der Waals surface area (Å²) in [7, 11) is 0. The molecule has 0 fully saturated rings. The first-order valence-corrected chi connectivity index (χ1v) is 8.03. The van der Waals surface area contributed by atoms with Gasteiger partial charge >= 0.3 is 5.97 Å². The lowest BCUT2D eigenvalue weighted by Gasteiger charge is -2.02. The normalized spacial score (nSPS) is 10.9. The Labute approximate surface area is 148 Å². The van der Waals surface area contributed by atoms with Crippen LogP contribution in [-0.2, 0) is 11.3 Å². The largest absolute Gasteiger partial charge is 0.452 e. The summed E-state index contributed by atoms with van der Waals surface area (Å²) in [4.78, 5) is 27.5. The highest BCUT2D eigenvalue weighted by Crippen LogP contribution is 2.18. The van der Waals surface area contributed by atoms with Crippen molar-refractivity contribution in [2.45, 2.75) is 6.54 Å². The summed E-state index contributed by atoms with van der Waals surface area (Å²) in [6.45, 7) is 0.0599. The number of carbonyl (C=O) groups excluding carboxylic acids is 2. The van der Waals surface area contributed by atoms with Crippen LogP contribution in [0.25, 0.3) is 10.9 Å². The van der Waals surface area contributed by atoms with Crippen LogP contribution < -0.4 is 0 Å². The van der Waals surface area contributed by atoms with Crippen molar-refractivity contribution in [3.8, 4) is 0 Å². The summed E-state index contributed by atoms with van der Waals surface area (Å²) >= 11 is 0. The van der Waals surface area contributed by atoms with E-state index in [0.29, 0.717) is 17.9 Å². The van der Waals surface area contributed by atoms with Crippen LogP contribution in [-0.4, -0.2) is 33.1 Å². The van der Waals surface area contributed by atoms with Gasteiger partial charge < -0.3 is 14.1 Å². The van der Waals surface area contributed by atoms with Crippen LogP contribution in [0.4, 0.5) is 0 Å². The fraction of sp³-hybridized carbons (Fsp3) is 0.105. The van der Waals surface area contributed by atoms with Gasteiger partial charge in [0.05, 0.1) is 6.54 Å². The van der Waals surface area contributed by atoms with Crippen LogP contribution in [0.1, 0.15) is 26.7 Å². The fourth-order valence-corrected chi connectivity index (χ4v) is 2.71. The van der Waals surface area contributed by atoms with Gasteiger partial charge in [-0.1, -0.05) is 18.2 Å². The predicted molar refractivity (Wildman–Crippen MR) is 92.9 cm³/mol. The third-order valence-corrected chi connectivity index (χ3v) is 3.96. The molecule has 0 unspecified atom stereocenters. The number of aromatic nitrogens is 3. The number of ketones is 1. The standard InChI is InChI=1S/C19H15N3O4/c23-17(15-10-20-16-5-2-1-4-14(15)16)12-25-19(24)18-7-6-13(26-18)11-22-9-3-8-21-22/h1-10,20H,11-12H2. The zero-order chi connectivity index (χ0) is 17.9. The molecule has 26 heavy (non-hydrogen) atoms. The van der Waals surface area contributed by atoms with Gasteiger partial charge in [-0.25, -0.2) is 4.79 Å². The first-order valence-electron chi connectivity index (χ1n) is 8.03. The van der Waals surface area contributed by atoms with Crippen molar-refractivity contribution in [2.24, 2.45) is 0 Å². The van der Waals surface area contributed by atoms with E-state index in [4.69, 9.17) is 9.15 Å². The third kappa shape index (κ3) is 3.14. The van der Waals surface area contributed by atoms with E-state index in [1.807, 2.05) is 24.3 Å². The minimum atomic E-state index is -0.676. The van der Waals surface area contributed by atoms with E-state index in [2.05, 4.69) is 10.1 Å². The van der Waals surface area contributed by atoms with Crippen molar-refractivity contribution in [1.29, 1.82) is 0 Å². The molecule has 0 amide bonds. The van der Waals surface area contributed by atoms with Gasteiger partial charge in [-0.2, -0.15) is 5.10 Å². The number of hydrogen-bond donors (Lipinski definition) is 1. The lowest BCUT2D eigenvalue weighted by Crippen LogP contribution is -2.13. The minimum absolute atomic E-state index is 0.0545. The van der Waals surface area contributed by atoms with Gasteiger partial charge in [-0.15, -0.1) is 0 Å². The first kappa shape index (κ1) is 15.9. The molecule has 0 aliphatic carbocycles. The molecule has 0 aliphatic rings. The number of carbonyl (C=O) groups is 2. The van der Waals surface area contributed by atoms with Crippen LogP contribution >= 0.6 is 0 Å². The van der Waals surface area contributed by atoms with Crippen LogP contribution in [0.15, 0.2) is 65.5 Å². The monoisotopic (exact) mass is 349 g/mol. The molecule has 3 aromatic heterocycles. The number of rotatable bonds is 6. The predicted octanol–water partition coefficient (Wildman–Crippen LogP) is 3.05. The average Bonchev–Trinajstić information content (AvgIpc) is 3.40. The van der Waals surface area contributed by atoms with E-state index < -0.39 is 5.97 Å². The highest BCUT2D eigenvalue weighted by Gasteiger charge is 2.17. The summed E-state index contributed by atoms with van der Waals surface area (Å²) in [5.41, 5.74) is 1.35. The smallest absolute Gasteiger partial charge is 0.374 e. The highest BCUT2D eigenvalue weighted by atomic mass is 16.5. The topological polar surface area (TPSA) is 90.1 Å². The molecule has 4 rings (SSSR count). The molecular weight excluding hydrogens is 334 g/mol. The molecule has 0 aliphatic heterocycles. The second kappa shape index (κ2) is 6.72. The van der Waals surface area contributed by atoms with Gasteiger partial charge in [0.15, 0.2) is 6.61 Å². The van der Waals surface area contributed by atoms with Crippen molar-refractivity contribution in [3.05, 3.63) is 78.1 Å². The number of ether oxygens (including phenoxy) is 1. The molecule has 0 saturated carbocycles. The average molecular weight is 349 g/mol. The molecule has 0 atom stereocenters. The SMILES string of the molecule is O=C(OCC(=O)c1c[nH]c2ccccc12)c1ccc(Cn2cccn2)o1. The van der Waals surface area contributed by atoms with Crippen LogP contribution in [0.3, 0.4) is 0 Å². The van der Waals surface area contributed by atoms with E-state index in [9.17, 15) is 9.59 Å². The van der Waals surface area contributed by atoms with Crippen molar-refractivity contribution in [1.82, 2.24) is 14.8 Å². The first-order chi connectivity index (χ1) is 12.7. The van der Waals surface area contributed by atoms with Gasteiger partial charge in [0.2, 0.25) is 11.5 Å². The number of H-pyrrole nitrogens is 1. The summed E-state index contributed by atoms with van der Waals surface area (Å²) in [5.74, 6) is -0.327. The quantitative estimate of drug-likeness (QED) is 0.427. The number of nitrogens with one attached hydrogen (secondary N) is 1. The van der Waals surface area contributed by atoms with E-state index in [1.54, 1.807) is 35.4 Å². The fourth-order valence-electron chi connectivity index (χ4n) is 2.71. The zero-order valence-electron chi connectivity index (χ0n) is 13.7. The molecule has 0 saturated heterocycles. The molecule has 1 aromatic carbocycles. The van der Waals surface area contributed by atoms with Crippen molar-refractivity contribution in [3.63, 3.8) is 0 Å². The summed E-state index contributed by atoms with van der Waals surface area (Å²) in [6.07, 6.45) is 5.07. The second-order valence-electron chi connectivity index (χ2n) is 5.72. The number of fused-ring (bicyclic) bond motifs is 1. The highest BCUT2D eigenvalue weighted by molar-refractivity contribution is 6.09. The zero-order valence-corrected chi connectivity index (χ0v) is 13.7. The summed E-state index contributed by atoms with van der Waals surface area (Å²) < 4.78 is 12.2. The Morgan fingerprint density at radius 1 is 1.15 bits per heavy atom. The number of furan rings is 1. The van der Waals surface area contributed by atoms with Crippen LogP contribution in [0.2, 0.25) is 0 Å². The number of benzene rings is 1. The Balaban J connectivity index is 1.39. The number of aromatic amines is 1. The second-order valence-corrected chi connectivity index (χ2v) is 5.72. The van der Waals surface area contributed by atoms with Gasteiger partial charge in [0, 0.05) is 35.1 Å². The van der Waals surface area contributed by atoms with E-state index in [-0.39, 0.29) is 18.2 Å². The van der Waals surface area contributed by atoms with Crippen molar-refractivity contribution in [2.75, 3.05) is 6.61 Å². The molecule has 0 spiro atoms. The molecule has 7 heteroatoms. The summed E-state index contributed by atoms with van der Waals surface area (Å²) in [5, 5.41) is 4.87. The van der Waals surface area contributed by atoms with Gasteiger partial charge in [-0.3, -0.25) is 9.48 Å². The Kier molecular flexibility index (Phi) is 4.10. The maximum Gasteiger partial charge on any atom is 0.374 e. The maximum atomic E-state index is 12.3. The van der Waals surface area contributed by atoms with Gasteiger partial charge in [0.25, 0.3) is 0 Å². The lowest BCUT2D eigenvalue weighted by atomic mass is 10.1. The molecular formula is C19H15N3O4. The van der Waals surface area contributed by atoms with Crippen molar-refractivity contribution >= 4 is 22.7 Å². The van der Waals surface area contributed by atoms with E-state index >= 15 is 0 Å². The van der Waals surface area contributed by atoms with Gasteiger partial charge in [-0.05, 0) is 24.3 Å². The minimum Gasteiger partial charge on any atom is -0.452 e. The Morgan fingerprint density at radius 3 is 2.88 bits per heavy atom. The van der Waals surface area contributed by atoms with Crippen LogP contribution in [0, 0.1) is 0 Å². The Morgan fingerprint density at radius 2 is 2.04 bits per heavy atom. The molecule has 7 nitrogen and oxygen atoms in total. The number of esters is 1. The van der Waals surface area contributed by atoms with Crippen LogP contribution in [0.5, 0.6) is 0 Å². The number of para-hydroxylation sites is 1. The Bertz CT molecular complexity index is 1060. The molecule has 1 N–H and O–H groups in total. The lowest BCUT2D eigenvalue weighted by molar-refractivity contribution is 0.0442. The third-order valence-electron chi connectivity index (χ3n) is 3.96. The number of hydrogen-bond acceptors (Lipinski definition) is 5. The molecule has 3 heterocycles. The van der Waals surface area contributed by atoms with E-state index in [1.165, 1.54) is 6.07 Å². The van der Waals surface area contributed by atoms with Crippen molar-refractivity contribution < 1.29 is 18.7 Å². The van der Waals surface area contributed by atoms with Gasteiger partial charge in [0.1, 0.15) is 5.76 Å². The molecule has 130 valence electrons. The maximum absolute atomic E-state index is 12.3. The molecule has 4 aromatic rings. The molecule has 0 bridgehead atoms. The summed E-state index contributed by atoms with van der Waals surface area (Å²) in [6, 6.07) is 12.5. The Hall–Kier alpha value is -3.61.